The third kappa shape index (κ3) is 3.06. The van der Waals surface area contributed by atoms with E-state index in [0.717, 1.165) is 6.42 Å². The molecular formula is C19H15NO5. The summed E-state index contributed by atoms with van der Waals surface area (Å²) in [6.45, 7) is 1.16. The van der Waals surface area contributed by atoms with Crippen molar-refractivity contribution in [2.24, 2.45) is 0 Å². The fraction of sp³-hybridized carbons (Fsp3) is 0.158. The predicted molar refractivity (Wildman–Crippen MR) is 92.5 cm³/mol. The Morgan fingerprint density at radius 2 is 1.76 bits per heavy atom. The van der Waals surface area contributed by atoms with Crippen LogP contribution < -0.4 is 20.2 Å². The Balaban J connectivity index is 1.62. The number of hydrogen-bond acceptors (Lipinski definition) is 5. The van der Waals surface area contributed by atoms with Crippen molar-refractivity contribution in [3.05, 3.63) is 64.5 Å². The molecule has 0 saturated carbocycles. The van der Waals surface area contributed by atoms with Crippen LogP contribution in [0.2, 0.25) is 0 Å². The number of ether oxygens (including phenoxy) is 2. The summed E-state index contributed by atoms with van der Waals surface area (Å²) in [7, 11) is 0. The maximum Gasteiger partial charge on any atom is 0.291 e. The Kier molecular flexibility index (Phi) is 3.85. The number of para-hydroxylation sites is 1. The van der Waals surface area contributed by atoms with Crippen LogP contribution in [0.4, 0.5) is 5.69 Å². The van der Waals surface area contributed by atoms with Crippen LogP contribution in [0.5, 0.6) is 11.5 Å². The van der Waals surface area contributed by atoms with E-state index >= 15 is 0 Å². The molecule has 0 fully saturated rings. The van der Waals surface area contributed by atoms with E-state index in [1.54, 1.807) is 42.5 Å². The topological polar surface area (TPSA) is 77.8 Å². The maximum atomic E-state index is 12.4. The highest BCUT2D eigenvalue weighted by Crippen LogP contribution is 2.32. The Hall–Kier alpha value is -3.28. The van der Waals surface area contributed by atoms with E-state index in [1.165, 1.54) is 6.07 Å². The number of carbonyl (C=O) groups excluding carboxylic acids is 1. The van der Waals surface area contributed by atoms with Gasteiger partial charge >= 0.3 is 0 Å². The number of anilines is 1. The lowest BCUT2D eigenvalue weighted by Crippen LogP contribution is -2.15. The van der Waals surface area contributed by atoms with Gasteiger partial charge in [0.2, 0.25) is 0 Å². The molecule has 6 nitrogen and oxygen atoms in total. The van der Waals surface area contributed by atoms with Gasteiger partial charge in [0.1, 0.15) is 5.58 Å². The molecule has 1 amide bonds. The molecule has 0 aliphatic carbocycles. The molecule has 4 rings (SSSR count). The van der Waals surface area contributed by atoms with Gasteiger partial charge in [0.25, 0.3) is 5.91 Å². The van der Waals surface area contributed by atoms with Crippen molar-refractivity contribution in [1.29, 1.82) is 0 Å². The van der Waals surface area contributed by atoms with Crippen LogP contribution in [0.1, 0.15) is 17.0 Å². The Labute approximate surface area is 143 Å². The summed E-state index contributed by atoms with van der Waals surface area (Å²) in [5.74, 6) is 0.677. The number of hydrogen-bond donors (Lipinski definition) is 1. The zero-order valence-corrected chi connectivity index (χ0v) is 13.3. The lowest BCUT2D eigenvalue weighted by atomic mass is 10.2. The van der Waals surface area contributed by atoms with Crippen LogP contribution >= 0.6 is 0 Å². The van der Waals surface area contributed by atoms with Gasteiger partial charge in [0, 0.05) is 24.2 Å². The second-order valence-corrected chi connectivity index (χ2v) is 5.64. The number of nitrogens with one attached hydrogen (secondary N) is 1. The van der Waals surface area contributed by atoms with Crippen molar-refractivity contribution in [3.63, 3.8) is 0 Å². The maximum absolute atomic E-state index is 12.4. The SMILES string of the molecule is O=C(Nc1ccc2c(c1)OCCCO2)c1cc(=O)c2ccccc2o1. The van der Waals surface area contributed by atoms with E-state index in [2.05, 4.69) is 5.32 Å². The number of amides is 1. The minimum absolute atomic E-state index is 0.0455. The molecule has 0 bridgehead atoms. The van der Waals surface area contributed by atoms with Gasteiger partial charge in [0.15, 0.2) is 22.7 Å². The summed E-state index contributed by atoms with van der Waals surface area (Å²) in [5.41, 5.74) is 0.648. The van der Waals surface area contributed by atoms with Crippen LogP contribution in [-0.2, 0) is 0 Å². The fourth-order valence-corrected chi connectivity index (χ4v) is 2.65. The summed E-state index contributed by atoms with van der Waals surface area (Å²) in [6, 6.07) is 13.1. The fourth-order valence-electron chi connectivity index (χ4n) is 2.65. The largest absolute Gasteiger partial charge is 0.490 e. The zero-order valence-electron chi connectivity index (χ0n) is 13.3. The van der Waals surface area contributed by atoms with Crippen molar-refractivity contribution in [3.8, 4) is 11.5 Å². The molecule has 2 heterocycles. The van der Waals surface area contributed by atoms with Gasteiger partial charge in [-0.05, 0) is 24.3 Å². The molecule has 1 aliphatic rings. The monoisotopic (exact) mass is 337 g/mol. The minimum atomic E-state index is -0.502. The van der Waals surface area contributed by atoms with Gasteiger partial charge in [-0.2, -0.15) is 0 Å². The summed E-state index contributed by atoms with van der Waals surface area (Å²) < 4.78 is 16.7. The number of fused-ring (bicyclic) bond motifs is 2. The first-order chi connectivity index (χ1) is 12.2. The summed E-state index contributed by atoms with van der Waals surface area (Å²) in [5, 5.41) is 3.15. The molecule has 25 heavy (non-hydrogen) atoms. The van der Waals surface area contributed by atoms with Crippen LogP contribution in [0, 0.1) is 0 Å². The van der Waals surface area contributed by atoms with Gasteiger partial charge in [-0.1, -0.05) is 12.1 Å². The normalized spacial score (nSPS) is 13.3. The number of benzene rings is 2. The van der Waals surface area contributed by atoms with E-state index in [4.69, 9.17) is 13.9 Å². The lowest BCUT2D eigenvalue weighted by Gasteiger charge is -2.10. The molecule has 0 unspecified atom stereocenters. The smallest absolute Gasteiger partial charge is 0.291 e. The van der Waals surface area contributed by atoms with Gasteiger partial charge < -0.3 is 19.2 Å². The molecular weight excluding hydrogens is 322 g/mol. The minimum Gasteiger partial charge on any atom is -0.490 e. The van der Waals surface area contributed by atoms with Crippen molar-refractivity contribution in [2.75, 3.05) is 18.5 Å². The van der Waals surface area contributed by atoms with E-state index in [-0.39, 0.29) is 11.2 Å². The number of rotatable bonds is 2. The summed E-state index contributed by atoms with van der Waals surface area (Å²) in [4.78, 5) is 24.5. The van der Waals surface area contributed by atoms with Gasteiger partial charge in [-0.3, -0.25) is 9.59 Å². The molecule has 126 valence electrons. The Bertz CT molecular complexity index is 1010. The van der Waals surface area contributed by atoms with Gasteiger partial charge in [0.05, 0.1) is 18.6 Å². The van der Waals surface area contributed by atoms with Crippen molar-refractivity contribution in [1.82, 2.24) is 0 Å². The Morgan fingerprint density at radius 3 is 2.64 bits per heavy atom. The second-order valence-electron chi connectivity index (χ2n) is 5.64. The molecule has 1 N–H and O–H groups in total. The molecule has 1 aliphatic heterocycles. The zero-order chi connectivity index (χ0) is 17.2. The third-order valence-corrected chi connectivity index (χ3v) is 3.86. The summed E-state index contributed by atoms with van der Waals surface area (Å²) >= 11 is 0. The summed E-state index contributed by atoms with van der Waals surface area (Å²) in [6.07, 6.45) is 0.804. The Morgan fingerprint density at radius 1 is 0.960 bits per heavy atom. The third-order valence-electron chi connectivity index (χ3n) is 3.86. The first-order valence-electron chi connectivity index (χ1n) is 7.94. The van der Waals surface area contributed by atoms with Crippen LogP contribution in [0.15, 0.2) is 57.7 Å². The average Bonchev–Trinajstić information content (AvgIpc) is 2.86. The average molecular weight is 337 g/mol. The second kappa shape index (κ2) is 6.32. The molecule has 2 aromatic carbocycles. The van der Waals surface area contributed by atoms with Crippen molar-refractivity contribution >= 4 is 22.6 Å². The van der Waals surface area contributed by atoms with Crippen molar-refractivity contribution < 1.29 is 18.7 Å². The molecule has 0 radical (unpaired) electrons. The molecule has 0 spiro atoms. The molecule has 3 aromatic rings. The van der Waals surface area contributed by atoms with Gasteiger partial charge in [-0.25, -0.2) is 0 Å². The molecule has 0 atom stereocenters. The van der Waals surface area contributed by atoms with Crippen LogP contribution in [0.25, 0.3) is 11.0 Å². The highest BCUT2D eigenvalue weighted by Gasteiger charge is 2.15. The van der Waals surface area contributed by atoms with E-state index in [0.29, 0.717) is 41.4 Å². The van der Waals surface area contributed by atoms with Crippen LogP contribution in [0.3, 0.4) is 0 Å². The molecule has 6 heteroatoms. The highest BCUT2D eigenvalue weighted by atomic mass is 16.5. The predicted octanol–water partition coefficient (Wildman–Crippen LogP) is 3.21. The quantitative estimate of drug-likeness (QED) is 0.777. The van der Waals surface area contributed by atoms with E-state index < -0.39 is 5.91 Å². The van der Waals surface area contributed by atoms with Gasteiger partial charge in [-0.15, -0.1) is 0 Å². The van der Waals surface area contributed by atoms with E-state index in [9.17, 15) is 9.59 Å². The first kappa shape index (κ1) is 15.3. The van der Waals surface area contributed by atoms with E-state index in [1.807, 2.05) is 0 Å². The molecule has 1 aromatic heterocycles. The number of carbonyl (C=O) groups is 1. The highest BCUT2D eigenvalue weighted by molar-refractivity contribution is 6.03. The van der Waals surface area contributed by atoms with Crippen molar-refractivity contribution in [2.45, 2.75) is 6.42 Å². The molecule has 0 saturated heterocycles. The standard InChI is InChI=1S/C19H15NO5/c21-14-11-18(25-15-5-2-1-4-13(14)15)19(22)20-12-6-7-16-17(10-12)24-9-3-8-23-16/h1-2,4-7,10-11H,3,8-9H2,(H,20,22). The van der Waals surface area contributed by atoms with Crippen LogP contribution in [-0.4, -0.2) is 19.1 Å². The lowest BCUT2D eigenvalue weighted by molar-refractivity contribution is 0.0997. The first-order valence-corrected chi connectivity index (χ1v) is 7.94.